The van der Waals surface area contributed by atoms with Crippen LogP contribution in [0.2, 0.25) is 0 Å². The van der Waals surface area contributed by atoms with Crippen molar-refractivity contribution in [1.82, 2.24) is 20.0 Å². The number of urea groups is 1. The van der Waals surface area contributed by atoms with Crippen LogP contribution >= 0.6 is 0 Å². The van der Waals surface area contributed by atoms with Crippen molar-refractivity contribution in [1.29, 1.82) is 0 Å². The second kappa shape index (κ2) is 8.31. The van der Waals surface area contributed by atoms with Crippen LogP contribution in [0, 0.1) is 0 Å². The molecule has 2 heterocycles. The lowest BCUT2D eigenvalue weighted by atomic mass is 10.2. The van der Waals surface area contributed by atoms with Gasteiger partial charge in [-0.05, 0) is 5.56 Å². The molecule has 1 aromatic carbocycles. The highest BCUT2D eigenvalue weighted by Gasteiger charge is 2.32. The van der Waals surface area contributed by atoms with Crippen molar-refractivity contribution in [3.8, 4) is 0 Å². The third-order valence-corrected chi connectivity index (χ3v) is 4.83. The molecule has 136 valence electrons. The molecule has 25 heavy (non-hydrogen) atoms. The Hall–Kier alpha value is -2.12. The first kappa shape index (κ1) is 17.7. The van der Waals surface area contributed by atoms with Gasteiger partial charge < -0.3 is 20.2 Å². The monoisotopic (exact) mass is 346 g/mol. The van der Waals surface area contributed by atoms with Gasteiger partial charge in [-0.15, -0.1) is 0 Å². The number of β-amino-alcohol motifs (C(OH)–C–C–N with tert-alkyl or cyclic N) is 1. The number of carbonyl (C=O) groups excluding carboxylic acids is 2. The van der Waals surface area contributed by atoms with Crippen LogP contribution in [0.3, 0.4) is 0 Å². The number of nitrogens with one attached hydrogen (secondary N) is 1. The largest absolute Gasteiger partial charge is 0.395 e. The molecule has 2 aliphatic heterocycles. The molecule has 1 aromatic rings. The van der Waals surface area contributed by atoms with E-state index in [4.69, 9.17) is 5.11 Å². The number of aliphatic hydroxyl groups is 1. The number of likely N-dealkylation sites (tertiary alicyclic amines) is 1. The predicted octanol–water partition coefficient (Wildman–Crippen LogP) is 0.107. The first-order valence-electron chi connectivity index (χ1n) is 8.86. The van der Waals surface area contributed by atoms with Crippen LogP contribution in [0.25, 0.3) is 0 Å². The number of aliphatic hydroxyl groups excluding tert-OH is 1. The molecule has 3 rings (SSSR count). The number of hydrogen-bond donors (Lipinski definition) is 2. The highest BCUT2D eigenvalue weighted by molar-refractivity contribution is 5.81. The lowest BCUT2D eigenvalue weighted by molar-refractivity contribution is -0.128. The van der Waals surface area contributed by atoms with Crippen LogP contribution in [-0.4, -0.2) is 83.7 Å². The molecule has 7 heteroatoms. The molecule has 2 saturated heterocycles. The molecule has 0 bridgehead atoms. The zero-order chi connectivity index (χ0) is 17.6. The Morgan fingerprint density at radius 3 is 2.56 bits per heavy atom. The van der Waals surface area contributed by atoms with Crippen LogP contribution in [0.15, 0.2) is 30.3 Å². The molecule has 0 saturated carbocycles. The molecule has 2 aliphatic rings. The molecule has 3 amide bonds. The maximum atomic E-state index is 12.4. The van der Waals surface area contributed by atoms with Gasteiger partial charge in [0, 0.05) is 52.2 Å². The summed E-state index contributed by atoms with van der Waals surface area (Å²) in [4.78, 5) is 30.3. The standard InChI is InChI=1S/C18H26N4O3/c23-11-10-20-6-8-21(9-7-20)18(25)19-16-12-17(24)22(14-16)13-15-4-2-1-3-5-15/h1-5,16,23H,6-14H2,(H,19,25). The number of nitrogens with zero attached hydrogens (tertiary/aromatic N) is 3. The van der Waals surface area contributed by atoms with Crippen molar-refractivity contribution >= 4 is 11.9 Å². The average molecular weight is 346 g/mol. The van der Waals surface area contributed by atoms with Gasteiger partial charge in [-0.1, -0.05) is 30.3 Å². The van der Waals surface area contributed by atoms with Gasteiger partial charge in [-0.3, -0.25) is 9.69 Å². The summed E-state index contributed by atoms with van der Waals surface area (Å²) in [5.41, 5.74) is 1.10. The van der Waals surface area contributed by atoms with Crippen molar-refractivity contribution in [2.45, 2.75) is 19.0 Å². The predicted molar refractivity (Wildman–Crippen MR) is 93.9 cm³/mol. The Bertz CT molecular complexity index is 587. The molecule has 0 aliphatic carbocycles. The van der Waals surface area contributed by atoms with E-state index < -0.39 is 0 Å². The topological polar surface area (TPSA) is 76.1 Å². The third kappa shape index (κ3) is 4.70. The molecule has 7 nitrogen and oxygen atoms in total. The summed E-state index contributed by atoms with van der Waals surface area (Å²) in [5.74, 6) is 0.0851. The van der Waals surface area contributed by atoms with Gasteiger partial charge in [0.25, 0.3) is 0 Å². The number of hydrogen-bond acceptors (Lipinski definition) is 4. The van der Waals surface area contributed by atoms with E-state index in [2.05, 4.69) is 10.2 Å². The summed E-state index contributed by atoms with van der Waals surface area (Å²) in [7, 11) is 0. The molecule has 0 aromatic heterocycles. The normalized spacial score (nSPS) is 21.6. The molecule has 1 unspecified atom stereocenters. The second-order valence-electron chi connectivity index (χ2n) is 6.66. The highest BCUT2D eigenvalue weighted by Crippen LogP contribution is 2.15. The van der Waals surface area contributed by atoms with Crippen molar-refractivity contribution < 1.29 is 14.7 Å². The number of rotatable bonds is 5. The van der Waals surface area contributed by atoms with Gasteiger partial charge in [0.15, 0.2) is 0 Å². The van der Waals surface area contributed by atoms with E-state index in [1.807, 2.05) is 30.3 Å². The highest BCUT2D eigenvalue weighted by atomic mass is 16.3. The SMILES string of the molecule is O=C1CC(NC(=O)N2CCN(CCO)CC2)CN1Cc1ccccc1. The molecule has 1 atom stereocenters. The Balaban J connectivity index is 1.46. The average Bonchev–Trinajstić information content (AvgIpc) is 2.96. The Morgan fingerprint density at radius 1 is 1.16 bits per heavy atom. The number of benzene rings is 1. The summed E-state index contributed by atoms with van der Waals surface area (Å²) in [6, 6.07) is 9.67. The van der Waals surface area contributed by atoms with E-state index in [1.165, 1.54) is 0 Å². The van der Waals surface area contributed by atoms with Crippen LogP contribution in [0.4, 0.5) is 4.79 Å². The summed E-state index contributed by atoms with van der Waals surface area (Å²) < 4.78 is 0. The maximum absolute atomic E-state index is 12.4. The summed E-state index contributed by atoms with van der Waals surface area (Å²) in [5, 5.41) is 12.0. The van der Waals surface area contributed by atoms with Crippen molar-refractivity contribution in [3.05, 3.63) is 35.9 Å². The fraction of sp³-hybridized carbons (Fsp3) is 0.556. The fourth-order valence-electron chi connectivity index (χ4n) is 3.41. The summed E-state index contributed by atoms with van der Waals surface area (Å²) in [6.07, 6.45) is 0.364. The first-order chi connectivity index (χ1) is 12.2. The Morgan fingerprint density at radius 2 is 1.88 bits per heavy atom. The minimum Gasteiger partial charge on any atom is -0.395 e. The van der Waals surface area contributed by atoms with Crippen LogP contribution in [0.5, 0.6) is 0 Å². The minimum atomic E-state index is -0.126. The van der Waals surface area contributed by atoms with E-state index in [0.717, 1.165) is 18.7 Å². The zero-order valence-electron chi connectivity index (χ0n) is 14.4. The smallest absolute Gasteiger partial charge is 0.317 e. The van der Waals surface area contributed by atoms with Crippen LogP contribution in [0.1, 0.15) is 12.0 Å². The number of amides is 3. The lowest BCUT2D eigenvalue weighted by Crippen LogP contribution is -2.54. The molecular formula is C18H26N4O3. The van der Waals surface area contributed by atoms with Gasteiger partial charge in [-0.25, -0.2) is 4.79 Å². The van der Waals surface area contributed by atoms with Crippen molar-refractivity contribution in [2.75, 3.05) is 45.9 Å². The number of carbonyl (C=O) groups is 2. The van der Waals surface area contributed by atoms with Gasteiger partial charge in [-0.2, -0.15) is 0 Å². The van der Waals surface area contributed by atoms with Crippen molar-refractivity contribution in [3.63, 3.8) is 0 Å². The molecule has 0 radical (unpaired) electrons. The van der Waals surface area contributed by atoms with E-state index in [-0.39, 0.29) is 24.6 Å². The summed E-state index contributed by atoms with van der Waals surface area (Å²) >= 11 is 0. The maximum Gasteiger partial charge on any atom is 0.317 e. The first-order valence-corrected chi connectivity index (χ1v) is 8.86. The second-order valence-corrected chi connectivity index (χ2v) is 6.66. The third-order valence-electron chi connectivity index (χ3n) is 4.83. The van der Waals surface area contributed by atoms with E-state index in [1.54, 1.807) is 9.80 Å². The van der Waals surface area contributed by atoms with Gasteiger partial charge in [0.1, 0.15) is 0 Å². The van der Waals surface area contributed by atoms with Gasteiger partial charge >= 0.3 is 6.03 Å². The van der Waals surface area contributed by atoms with Crippen LogP contribution < -0.4 is 5.32 Å². The Labute approximate surface area is 148 Å². The molecule has 0 spiro atoms. The van der Waals surface area contributed by atoms with Gasteiger partial charge in [0.05, 0.1) is 12.6 Å². The van der Waals surface area contributed by atoms with E-state index in [9.17, 15) is 9.59 Å². The fourth-order valence-corrected chi connectivity index (χ4v) is 3.41. The minimum absolute atomic E-state index is 0.0851. The Kier molecular flexibility index (Phi) is 5.88. The number of piperazine rings is 1. The zero-order valence-corrected chi connectivity index (χ0v) is 14.4. The van der Waals surface area contributed by atoms with Crippen LogP contribution in [-0.2, 0) is 11.3 Å². The lowest BCUT2D eigenvalue weighted by Gasteiger charge is -2.34. The summed E-state index contributed by atoms with van der Waals surface area (Å²) in [6.45, 7) is 4.81. The van der Waals surface area contributed by atoms with Gasteiger partial charge in [0.2, 0.25) is 5.91 Å². The molecule has 2 N–H and O–H groups in total. The molecule has 2 fully saturated rings. The molecular weight excluding hydrogens is 320 g/mol. The van der Waals surface area contributed by atoms with E-state index in [0.29, 0.717) is 39.1 Å². The van der Waals surface area contributed by atoms with Crippen molar-refractivity contribution in [2.24, 2.45) is 0 Å². The quantitative estimate of drug-likeness (QED) is 0.793. The van der Waals surface area contributed by atoms with E-state index >= 15 is 0 Å².